The summed E-state index contributed by atoms with van der Waals surface area (Å²) in [6.45, 7) is 10.9. The highest BCUT2D eigenvalue weighted by atomic mass is 15.4. The number of aliphatic imine (C=N–C) groups is 1. The summed E-state index contributed by atoms with van der Waals surface area (Å²) in [6, 6.07) is 8.29. The Balaban J connectivity index is 1.63. The minimum atomic E-state index is 0.103. The lowest BCUT2D eigenvalue weighted by atomic mass is 9.65. The van der Waals surface area contributed by atoms with E-state index in [0.717, 1.165) is 24.7 Å². The quantitative estimate of drug-likeness (QED) is 0.695. The first-order valence-corrected chi connectivity index (χ1v) is 8.27. The van der Waals surface area contributed by atoms with Gasteiger partial charge in [0.2, 0.25) is 0 Å². The van der Waals surface area contributed by atoms with Gasteiger partial charge in [0.05, 0.1) is 5.69 Å². The molecule has 24 heavy (non-hydrogen) atoms. The minimum Gasteiger partial charge on any atom is -0.352 e. The fourth-order valence-electron chi connectivity index (χ4n) is 2.98. The van der Waals surface area contributed by atoms with Crippen LogP contribution in [0.4, 0.5) is 0 Å². The van der Waals surface area contributed by atoms with Crippen LogP contribution in [0.1, 0.15) is 33.3 Å². The molecule has 0 spiro atoms. The predicted molar refractivity (Wildman–Crippen MR) is 96.1 cm³/mol. The van der Waals surface area contributed by atoms with Gasteiger partial charge in [-0.2, -0.15) is 5.10 Å². The third kappa shape index (κ3) is 2.77. The molecular formula is C18H26N6. The van der Waals surface area contributed by atoms with Gasteiger partial charge in [-0.1, -0.05) is 26.0 Å². The van der Waals surface area contributed by atoms with E-state index >= 15 is 0 Å². The Morgan fingerprint density at radius 1 is 1.21 bits per heavy atom. The third-order valence-corrected chi connectivity index (χ3v) is 5.42. The van der Waals surface area contributed by atoms with Gasteiger partial charge in [-0.25, -0.2) is 9.67 Å². The Labute approximate surface area is 143 Å². The Hall–Kier alpha value is -2.37. The summed E-state index contributed by atoms with van der Waals surface area (Å²) in [7, 11) is 1.84. The zero-order chi connectivity index (χ0) is 17.4. The van der Waals surface area contributed by atoms with Crippen LogP contribution in [0, 0.1) is 5.41 Å². The molecule has 128 valence electrons. The SMILES string of the molecule is CN=C(NCc1ccc(-n2cncn2)cc1)N1CC(C)(C)C1(C)C. The van der Waals surface area contributed by atoms with Crippen molar-refractivity contribution in [2.24, 2.45) is 10.4 Å². The lowest BCUT2D eigenvalue weighted by Gasteiger charge is -2.62. The first kappa shape index (κ1) is 16.5. The zero-order valence-corrected chi connectivity index (χ0v) is 15.1. The number of likely N-dealkylation sites (tertiary alicyclic amines) is 1. The molecule has 1 fully saturated rings. The molecular weight excluding hydrogens is 300 g/mol. The molecule has 0 saturated carbocycles. The molecule has 0 amide bonds. The molecule has 1 aromatic heterocycles. The van der Waals surface area contributed by atoms with Crippen LogP contribution < -0.4 is 5.32 Å². The normalized spacial score (nSPS) is 19.0. The second-order valence-electron chi connectivity index (χ2n) is 7.44. The summed E-state index contributed by atoms with van der Waals surface area (Å²) in [6.07, 6.45) is 3.23. The number of guanidine groups is 1. The van der Waals surface area contributed by atoms with E-state index < -0.39 is 0 Å². The number of nitrogens with zero attached hydrogens (tertiary/aromatic N) is 5. The monoisotopic (exact) mass is 326 g/mol. The van der Waals surface area contributed by atoms with E-state index in [-0.39, 0.29) is 5.54 Å². The van der Waals surface area contributed by atoms with Crippen LogP contribution in [0.2, 0.25) is 0 Å². The average Bonchev–Trinajstić information content (AvgIpc) is 3.09. The van der Waals surface area contributed by atoms with Crippen molar-refractivity contribution >= 4 is 5.96 Å². The van der Waals surface area contributed by atoms with Crippen LogP contribution in [0.15, 0.2) is 41.9 Å². The Morgan fingerprint density at radius 2 is 1.92 bits per heavy atom. The molecule has 0 aliphatic carbocycles. The lowest BCUT2D eigenvalue weighted by Crippen LogP contribution is -2.72. The van der Waals surface area contributed by atoms with Crippen LogP contribution in [0.25, 0.3) is 5.69 Å². The van der Waals surface area contributed by atoms with Crippen LogP contribution in [0.5, 0.6) is 0 Å². The number of hydrogen-bond acceptors (Lipinski definition) is 3. The van der Waals surface area contributed by atoms with Crippen molar-refractivity contribution in [3.63, 3.8) is 0 Å². The van der Waals surface area contributed by atoms with E-state index in [9.17, 15) is 0 Å². The van der Waals surface area contributed by atoms with Crippen molar-refractivity contribution in [2.45, 2.75) is 39.8 Å². The van der Waals surface area contributed by atoms with Crippen molar-refractivity contribution < 1.29 is 0 Å². The molecule has 1 saturated heterocycles. The maximum absolute atomic E-state index is 4.45. The van der Waals surface area contributed by atoms with Gasteiger partial charge in [-0.3, -0.25) is 4.99 Å². The summed E-state index contributed by atoms with van der Waals surface area (Å²) >= 11 is 0. The highest BCUT2D eigenvalue weighted by molar-refractivity contribution is 5.82. The second kappa shape index (κ2) is 5.92. The standard InChI is InChI=1S/C18H26N6/c1-17(2)11-23(18(17,3)4)16(19-5)21-10-14-6-8-15(9-7-14)24-13-20-12-22-24/h6-9,12-13H,10-11H2,1-5H3,(H,19,21). The van der Waals surface area contributed by atoms with Crippen LogP contribution in [-0.4, -0.2) is 44.8 Å². The number of rotatable bonds is 3. The van der Waals surface area contributed by atoms with E-state index in [1.807, 2.05) is 19.2 Å². The topological polar surface area (TPSA) is 58.3 Å². The van der Waals surface area contributed by atoms with Crippen LogP contribution in [-0.2, 0) is 6.54 Å². The smallest absolute Gasteiger partial charge is 0.194 e. The van der Waals surface area contributed by atoms with Gasteiger partial charge in [-0.15, -0.1) is 0 Å². The molecule has 1 N–H and O–H groups in total. The largest absolute Gasteiger partial charge is 0.352 e. The fourth-order valence-corrected chi connectivity index (χ4v) is 2.98. The minimum absolute atomic E-state index is 0.103. The molecule has 3 rings (SSSR count). The highest BCUT2D eigenvalue weighted by Gasteiger charge is 2.53. The van der Waals surface area contributed by atoms with Crippen LogP contribution in [0.3, 0.4) is 0 Å². The molecule has 0 unspecified atom stereocenters. The van der Waals surface area contributed by atoms with Gasteiger partial charge in [-0.05, 0) is 31.5 Å². The molecule has 6 heteroatoms. The van der Waals surface area contributed by atoms with Crippen molar-refractivity contribution in [1.29, 1.82) is 0 Å². The molecule has 2 heterocycles. The van der Waals surface area contributed by atoms with E-state index in [1.165, 1.54) is 11.9 Å². The highest BCUT2D eigenvalue weighted by Crippen LogP contribution is 2.46. The number of hydrogen-bond donors (Lipinski definition) is 1. The summed E-state index contributed by atoms with van der Waals surface area (Å²) in [5.41, 5.74) is 2.61. The lowest BCUT2D eigenvalue weighted by molar-refractivity contribution is -0.0667. The molecule has 0 bridgehead atoms. The van der Waals surface area contributed by atoms with Gasteiger partial charge in [0.15, 0.2) is 5.96 Å². The molecule has 0 atom stereocenters. The van der Waals surface area contributed by atoms with Gasteiger partial charge in [0, 0.05) is 31.1 Å². The Bertz CT molecular complexity index is 712. The van der Waals surface area contributed by atoms with Crippen LogP contribution >= 0.6 is 0 Å². The first-order chi connectivity index (χ1) is 11.3. The number of aromatic nitrogens is 3. The summed E-state index contributed by atoms with van der Waals surface area (Å²) in [5, 5.41) is 7.62. The second-order valence-corrected chi connectivity index (χ2v) is 7.44. The summed E-state index contributed by atoms with van der Waals surface area (Å²) < 4.78 is 1.75. The van der Waals surface area contributed by atoms with Crippen molar-refractivity contribution in [3.8, 4) is 5.69 Å². The summed E-state index contributed by atoms with van der Waals surface area (Å²) in [5.74, 6) is 0.958. The van der Waals surface area contributed by atoms with Crippen molar-refractivity contribution in [1.82, 2.24) is 25.0 Å². The van der Waals surface area contributed by atoms with Gasteiger partial charge in [0.1, 0.15) is 12.7 Å². The van der Waals surface area contributed by atoms with Crippen molar-refractivity contribution in [2.75, 3.05) is 13.6 Å². The molecule has 1 aromatic carbocycles. The maximum atomic E-state index is 4.45. The molecule has 1 aliphatic heterocycles. The first-order valence-electron chi connectivity index (χ1n) is 8.27. The van der Waals surface area contributed by atoms with Crippen molar-refractivity contribution in [3.05, 3.63) is 42.5 Å². The molecule has 0 radical (unpaired) electrons. The predicted octanol–water partition coefficient (Wildman–Crippen LogP) is 2.46. The number of benzene rings is 1. The van der Waals surface area contributed by atoms with Gasteiger partial charge in [0.25, 0.3) is 0 Å². The van der Waals surface area contributed by atoms with E-state index in [2.05, 4.69) is 65.1 Å². The Morgan fingerprint density at radius 3 is 2.42 bits per heavy atom. The Kier molecular flexibility index (Phi) is 4.07. The maximum Gasteiger partial charge on any atom is 0.194 e. The van der Waals surface area contributed by atoms with Gasteiger partial charge >= 0.3 is 0 Å². The fraction of sp³-hybridized carbons (Fsp3) is 0.500. The third-order valence-electron chi connectivity index (χ3n) is 5.42. The summed E-state index contributed by atoms with van der Waals surface area (Å²) in [4.78, 5) is 10.8. The van der Waals surface area contributed by atoms with E-state index in [0.29, 0.717) is 5.41 Å². The molecule has 2 aromatic rings. The zero-order valence-electron chi connectivity index (χ0n) is 15.1. The van der Waals surface area contributed by atoms with Gasteiger partial charge < -0.3 is 10.2 Å². The molecule has 1 aliphatic rings. The van der Waals surface area contributed by atoms with E-state index in [1.54, 1.807) is 11.0 Å². The van der Waals surface area contributed by atoms with E-state index in [4.69, 9.17) is 0 Å². The average molecular weight is 326 g/mol. The number of nitrogens with one attached hydrogen (secondary N) is 1. The molecule has 6 nitrogen and oxygen atoms in total.